The van der Waals surface area contributed by atoms with Crippen LogP contribution in [0.1, 0.15) is 33.0 Å². The van der Waals surface area contributed by atoms with Crippen molar-refractivity contribution in [3.63, 3.8) is 0 Å². The molecule has 1 atom stereocenters. The van der Waals surface area contributed by atoms with Crippen LogP contribution in [0.4, 0.5) is 6.01 Å². The van der Waals surface area contributed by atoms with Crippen molar-refractivity contribution in [2.45, 2.75) is 32.8 Å². The topological polar surface area (TPSA) is 74.2 Å². The fourth-order valence-electron chi connectivity index (χ4n) is 1.09. The quantitative estimate of drug-likeness (QED) is 0.765. The molecule has 1 unspecified atom stereocenters. The number of nitrogen functional groups attached to an aromatic ring is 1. The standard InChI is InChI=1S/C8H15N3O2/c1-4-8(3,12-5-2)6-10-7(9)13-11-6/h4-5H2,1-3H3,(H2,9,10,11). The van der Waals surface area contributed by atoms with E-state index >= 15 is 0 Å². The van der Waals surface area contributed by atoms with Crippen LogP contribution in [0.5, 0.6) is 0 Å². The summed E-state index contributed by atoms with van der Waals surface area (Å²) in [5, 5.41) is 3.74. The molecule has 1 aromatic rings. The summed E-state index contributed by atoms with van der Waals surface area (Å²) in [7, 11) is 0. The zero-order valence-corrected chi connectivity index (χ0v) is 8.20. The van der Waals surface area contributed by atoms with Crippen molar-refractivity contribution in [3.05, 3.63) is 5.82 Å². The van der Waals surface area contributed by atoms with Gasteiger partial charge in [-0.2, -0.15) is 4.98 Å². The molecular formula is C8H15N3O2. The molecule has 74 valence electrons. The molecule has 0 fully saturated rings. The van der Waals surface area contributed by atoms with Gasteiger partial charge in [0, 0.05) is 6.61 Å². The Morgan fingerprint density at radius 2 is 2.23 bits per heavy atom. The van der Waals surface area contributed by atoms with E-state index < -0.39 is 5.60 Å². The second-order valence-electron chi connectivity index (χ2n) is 2.97. The van der Waals surface area contributed by atoms with Crippen LogP contribution >= 0.6 is 0 Å². The van der Waals surface area contributed by atoms with E-state index in [-0.39, 0.29) is 6.01 Å². The number of hydrogen-bond donors (Lipinski definition) is 1. The number of nitrogens with two attached hydrogens (primary N) is 1. The molecule has 2 N–H and O–H groups in total. The first-order valence-electron chi connectivity index (χ1n) is 4.36. The lowest BCUT2D eigenvalue weighted by atomic mass is 10.0. The minimum absolute atomic E-state index is 0.0781. The number of anilines is 1. The van der Waals surface area contributed by atoms with Gasteiger partial charge >= 0.3 is 6.01 Å². The summed E-state index contributed by atoms with van der Waals surface area (Å²) in [6, 6.07) is 0.0781. The number of nitrogens with zero attached hydrogens (tertiary/aromatic N) is 2. The summed E-state index contributed by atoms with van der Waals surface area (Å²) in [5.74, 6) is 0.509. The third-order valence-electron chi connectivity index (χ3n) is 2.05. The second-order valence-corrected chi connectivity index (χ2v) is 2.97. The highest BCUT2D eigenvalue weighted by Gasteiger charge is 2.30. The highest BCUT2D eigenvalue weighted by molar-refractivity contribution is 5.11. The Kier molecular flexibility index (Phi) is 2.87. The normalized spacial score (nSPS) is 15.6. The highest BCUT2D eigenvalue weighted by Crippen LogP contribution is 2.26. The summed E-state index contributed by atoms with van der Waals surface area (Å²) >= 11 is 0. The molecule has 0 aliphatic rings. The molecule has 13 heavy (non-hydrogen) atoms. The van der Waals surface area contributed by atoms with Gasteiger partial charge in [0.1, 0.15) is 5.60 Å². The lowest BCUT2D eigenvalue weighted by molar-refractivity contribution is -0.0403. The summed E-state index contributed by atoms with van der Waals surface area (Å²) in [5.41, 5.74) is 4.84. The van der Waals surface area contributed by atoms with Gasteiger partial charge in [0.2, 0.25) is 5.82 Å². The molecule has 0 aromatic carbocycles. The van der Waals surface area contributed by atoms with Crippen molar-refractivity contribution in [1.82, 2.24) is 10.1 Å². The fraction of sp³-hybridized carbons (Fsp3) is 0.750. The fourth-order valence-corrected chi connectivity index (χ4v) is 1.09. The third kappa shape index (κ3) is 1.98. The zero-order valence-electron chi connectivity index (χ0n) is 8.20. The minimum atomic E-state index is -0.490. The van der Waals surface area contributed by atoms with Crippen LogP contribution in [0.3, 0.4) is 0 Å². The van der Waals surface area contributed by atoms with Gasteiger partial charge in [-0.05, 0) is 20.3 Å². The van der Waals surface area contributed by atoms with E-state index in [1.54, 1.807) is 0 Å². The Morgan fingerprint density at radius 1 is 1.54 bits per heavy atom. The van der Waals surface area contributed by atoms with Crippen molar-refractivity contribution < 1.29 is 9.26 Å². The van der Waals surface area contributed by atoms with Crippen LogP contribution in [0, 0.1) is 0 Å². The third-order valence-corrected chi connectivity index (χ3v) is 2.05. The molecule has 0 amide bonds. The van der Waals surface area contributed by atoms with E-state index in [2.05, 4.69) is 10.1 Å². The number of rotatable bonds is 4. The van der Waals surface area contributed by atoms with Gasteiger partial charge in [0.15, 0.2) is 0 Å². The molecule has 5 nitrogen and oxygen atoms in total. The maximum absolute atomic E-state index is 5.54. The Bertz CT molecular complexity index is 274. The van der Waals surface area contributed by atoms with E-state index in [0.29, 0.717) is 12.4 Å². The van der Waals surface area contributed by atoms with Crippen molar-refractivity contribution >= 4 is 6.01 Å². The molecule has 1 heterocycles. The lowest BCUT2D eigenvalue weighted by Gasteiger charge is -2.23. The van der Waals surface area contributed by atoms with E-state index in [0.717, 1.165) is 6.42 Å². The molecule has 0 saturated heterocycles. The predicted octanol–water partition coefficient (Wildman–Crippen LogP) is 1.31. The van der Waals surface area contributed by atoms with Crippen molar-refractivity contribution in [2.75, 3.05) is 12.3 Å². The second kappa shape index (κ2) is 3.74. The van der Waals surface area contributed by atoms with Crippen molar-refractivity contribution in [3.8, 4) is 0 Å². The SMILES string of the molecule is CCOC(C)(CC)c1noc(N)n1. The first kappa shape index (κ1) is 9.98. The Balaban J connectivity index is 2.88. The van der Waals surface area contributed by atoms with E-state index in [1.165, 1.54) is 0 Å². The first-order valence-corrected chi connectivity index (χ1v) is 4.36. The van der Waals surface area contributed by atoms with Gasteiger partial charge in [-0.3, -0.25) is 0 Å². The number of aromatic nitrogens is 2. The van der Waals surface area contributed by atoms with Crippen molar-refractivity contribution in [2.24, 2.45) is 0 Å². The summed E-state index contributed by atoms with van der Waals surface area (Å²) in [6.07, 6.45) is 0.778. The van der Waals surface area contributed by atoms with Crippen LogP contribution in [0.15, 0.2) is 4.52 Å². The Labute approximate surface area is 77.3 Å². The van der Waals surface area contributed by atoms with Gasteiger partial charge in [-0.15, -0.1) is 0 Å². The van der Waals surface area contributed by atoms with Crippen LogP contribution < -0.4 is 5.73 Å². The molecule has 5 heteroatoms. The lowest BCUT2D eigenvalue weighted by Crippen LogP contribution is -2.26. The first-order chi connectivity index (χ1) is 6.12. The number of ether oxygens (including phenoxy) is 1. The molecule has 0 aliphatic carbocycles. The summed E-state index contributed by atoms with van der Waals surface area (Å²) in [4.78, 5) is 3.95. The van der Waals surface area contributed by atoms with Gasteiger partial charge in [0.05, 0.1) is 0 Å². The van der Waals surface area contributed by atoms with Crippen molar-refractivity contribution in [1.29, 1.82) is 0 Å². The zero-order chi connectivity index (χ0) is 9.90. The van der Waals surface area contributed by atoms with Gasteiger partial charge in [-0.1, -0.05) is 12.1 Å². The minimum Gasteiger partial charge on any atom is -0.367 e. The molecule has 0 spiro atoms. The van der Waals surface area contributed by atoms with E-state index in [1.807, 2.05) is 20.8 Å². The molecule has 0 bridgehead atoms. The van der Waals surface area contributed by atoms with Gasteiger partial charge < -0.3 is 15.0 Å². The summed E-state index contributed by atoms with van der Waals surface area (Å²) in [6.45, 7) is 6.46. The van der Waals surface area contributed by atoms with Crippen LogP contribution in [-0.4, -0.2) is 16.7 Å². The Hall–Kier alpha value is -1.10. The largest absolute Gasteiger partial charge is 0.367 e. The summed E-state index contributed by atoms with van der Waals surface area (Å²) < 4.78 is 10.2. The van der Waals surface area contributed by atoms with Crippen LogP contribution in [0.2, 0.25) is 0 Å². The number of hydrogen-bond acceptors (Lipinski definition) is 5. The van der Waals surface area contributed by atoms with E-state index in [4.69, 9.17) is 15.0 Å². The average Bonchev–Trinajstić information content (AvgIpc) is 2.52. The molecule has 1 rings (SSSR count). The van der Waals surface area contributed by atoms with E-state index in [9.17, 15) is 0 Å². The molecule has 0 saturated carbocycles. The predicted molar refractivity (Wildman–Crippen MR) is 48.0 cm³/mol. The molecule has 1 aromatic heterocycles. The maximum atomic E-state index is 5.54. The maximum Gasteiger partial charge on any atom is 0.318 e. The van der Waals surface area contributed by atoms with Crippen LogP contribution in [0.25, 0.3) is 0 Å². The van der Waals surface area contributed by atoms with Gasteiger partial charge in [0.25, 0.3) is 0 Å². The smallest absolute Gasteiger partial charge is 0.318 e. The monoisotopic (exact) mass is 185 g/mol. The molecule has 0 aliphatic heterocycles. The molecular weight excluding hydrogens is 170 g/mol. The Morgan fingerprint density at radius 3 is 2.62 bits per heavy atom. The van der Waals surface area contributed by atoms with Crippen LogP contribution in [-0.2, 0) is 10.3 Å². The average molecular weight is 185 g/mol. The highest BCUT2D eigenvalue weighted by atomic mass is 16.5. The molecule has 0 radical (unpaired) electrons. The van der Waals surface area contributed by atoms with Gasteiger partial charge in [-0.25, -0.2) is 0 Å².